The van der Waals surface area contributed by atoms with Crippen molar-refractivity contribution in [2.45, 2.75) is 16.8 Å². The molecule has 0 saturated heterocycles. The Balaban J connectivity index is 2.49. The largest absolute Gasteiger partial charge is 0.277 e. The molecule has 0 fully saturated rings. The topological polar surface area (TPSA) is 69.6 Å². The van der Waals surface area contributed by atoms with Crippen LogP contribution >= 0.6 is 43.4 Å². The van der Waals surface area contributed by atoms with Gasteiger partial charge < -0.3 is 0 Å². The van der Waals surface area contributed by atoms with E-state index in [1.165, 1.54) is 0 Å². The van der Waals surface area contributed by atoms with Gasteiger partial charge in [0.05, 0.1) is 23.0 Å². The van der Waals surface area contributed by atoms with Gasteiger partial charge in [0, 0.05) is 11.8 Å². The Morgan fingerprint density at radius 2 is 2.10 bits per heavy atom. The summed E-state index contributed by atoms with van der Waals surface area (Å²) in [6.07, 6.45) is 0.292. The molecule has 0 radical (unpaired) electrons. The van der Waals surface area contributed by atoms with E-state index in [0.717, 1.165) is 17.0 Å². The van der Waals surface area contributed by atoms with Crippen LogP contribution in [0, 0.1) is 22.7 Å². The number of rotatable bonds is 4. The number of fused-ring (bicyclic) bond motifs is 1. The maximum Gasteiger partial charge on any atom is 0.257 e. The van der Waals surface area contributed by atoms with Crippen LogP contribution in [0.4, 0.5) is 0 Å². The number of hydrogen-bond donors (Lipinski definition) is 0. The van der Waals surface area contributed by atoms with Crippen LogP contribution in [0.1, 0.15) is 12.5 Å². The fourth-order valence-electron chi connectivity index (χ4n) is 1.88. The van der Waals surface area contributed by atoms with E-state index in [-0.39, 0.29) is 4.74 Å². The number of halogens is 2. The lowest BCUT2D eigenvalue weighted by Crippen LogP contribution is -2.25. The van der Waals surface area contributed by atoms with Crippen molar-refractivity contribution in [2.75, 3.05) is 5.33 Å². The Labute approximate surface area is 136 Å². The molecule has 1 heterocycles. The summed E-state index contributed by atoms with van der Waals surface area (Å²) in [5.41, 5.74) is 0.733. The summed E-state index contributed by atoms with van der Waals surface area (Å²) >= 11 is 7.63. The van der Waals surface area contributed by atoms with Gasteiger partial charge in [-0.05, 0) is 23.7 Å². The van der Waals surface area contributed by atoms with Crippen molar-refractivity contribution in [3.8, 4) is 12.1 Å². The lowest BCUT2D eigenvalue weighted by atomic mass is 10.0. The van der Waals surface area contributed by atoms with Crippen molar-refractivity contribution < 1.29 is 0 Å². The van der Waals surface area contributed by atoms with E-state index in [9.17, 15) is 15.3 Å². The molecule has 4 nitrogen and oxygen atoms in total. The van der Waals surface area contributed by atoms with E-state index >= 15 is 0 Å². The van der Waals surface area contributed by atoms with Crippen LogP contribution in [-0.4, -0.2) is 13.6 Å². The summed E-state index contributed by atoms with van der Waals surface area (Å²) in [4.78, 5) is 11.9. The fourth-order valence-corrected chi connectivity index (χ4v) is 3.49. The van der Waals surface area contributed by atoms with Crippen molar-refractivity contribution in [3.05, 3.63) is 33.8 Å². The molecule has 2 rings (SSSR count). The molecule has 1 aromatic heterocycles. The first-order valence-corrected chi connectivity index (χ1v) is 8.40. The fraction of sp³-hybridized carbons (Fsp3) is 0.308. The molecule has 20 heavy (non-hydrogen) atoms. The Hall–Kier alpha value is -1.15. The number of hydrogen-bond acceptors (Lipinski definition) is 4. The smallest absolute Gasteiger partial charge is 0.257 e. The van der Waals surface area contributed by atoms with Crippen molar-refractivity contribution >= 4 is 54.3 Å². The van der Waals surface area contributed by atoms with Crippen LogP contribution in [0.3, 0.4) is 0 Å². The van der Waals surface area contributed by atoms with E-state index in [2.05, 4.69) is 44.0 Å². The molecular weight excluding hydrogens is 406 g/mol. The number of nitriles is 2. The second kappa shape index (κ2) is 6.09. The average molecular weight is 415 g/mol. The summed E-state index contributed by atoms with van der Waals surface area (Å²) in [5, 5.41) is 19.6. The summed E-state index contributed by atoms with van der Waals surface area (Å²) in [6, 6.07) is 10.9. The van der Waals surface area contributed by atoms with E-state index < -0.39 is 10.4 Å². The molecule has 2 unspecified atom stereocenters. The first-order valence-electron chi connectivity index (χ1n) is 5.71. The van der Waals surface area contributed by atoms with Gasteiger partial charge in [0.25, 0.3) is 4.74 Å². The lowest BCUT2D eigenvalue weighted by molar-refractivity contribution is 0.580. The highest BCUT2D eigenvalue weighted by atomic mass is 79.9. The predicted octanol–water partition coefficient (Wildman–Crippen LogP) is 3.57. The van der Waals surface area contributed by atoms with Gasteiger partial charge in [-0.15, -0.1) is 0 Å². The second-order valence-corrected chi connectivity index (χ2v) is 7.31. The molecule has 0 saturated carbocycles. The highest BCUT2D eigenvalue weighted by molar-refractivity contribution is 9.12. The quantitative estimate of drug-likeness (QED) is 0.718. The first kappa shape index (κ1) is 15.2. The molecule has 102 valence electrons. The van der Waals surface area contributed by atoms with Gasteiger partial charge >= 0.3 is 0 Å². The lowest BCUT2D eigenvalue weighted by Gasteiger charge is -2.20. The standard InChI is InChI=1S/C13H9Br2N3OS/c14-7-13(15,8-17)5-9(6-16)18-11-4-2-1-3-10(11)12(19)20-18/h1-4,9H,5,7H2. The number of benzene rings is 1. The van der Waals surface area contributed by atoms with Gasteiger partial charge in [-0.1, -0.05) is 44.0 Å². The molecule has 2 atom stereocenters. The summed E-state index contributed by atoms with van der Waals surface area (Å²) in [7, 11) is 0. The first-order chi connectivity index (χ1) is 9.54. The Bertz CT molecular complexity index is 770. The number of aromatic nitrogens is 1. The molecule has 0 aliphatic rings. The molecule has 0 amide bonds. The van der Waals surface area contributed by atoms with E-state index in [0.29, 0.717) is 17.1 Å². The minimum absolute atomic E-state index is 0.0724. The Kier molecular flexibility index (Phi) is 4.64. The average Bonchev–Trinajstić information content (AvgIpc) is 2.82. The normalized spacial score (nSPS) is 15.2. The minimum atomic E-state index is -0.825. The van der Waals surface area contributed by atoms with Gasteiger partial charge in [-0.25, -0.2) is 0 Å². The van der Waals surface area contributed by atoms with Crippen molar-refractivity contribution in [1.29, 1.82) is 10.5 Å². The third-order valence-electron chi connectivity index (χ3n) is 2.90. The number of para-hydroxylation sites is 1. The molecule has 0 N–H and O–H groups in total. The zero-order valence-electron chi connectivity index (χ0n) is 10.2. The van der Waals surface area contributed by atoms with Crippen LogP contribution in [0.5, 0.6) is 0 Å². The molecule has 2 aromatic rings. The van der Waals surface area contributed by atoms with Crippen molar-refractivity contribution in [3.63, 3.8) is 0 Å². The molecule has 0 spiro atoms. The Morgan fingerprint density at radius 1 is 1.40 bits per heavy atom. The molecule has 0 aliphatic carbocycles. The molecule has 7 heteroatoms. The molecule has 0 bridgehead atoms. The number of alkyl halides is 2. The van der Waals surface area contributed by atoms with Crippen LogP contribution in [-0.2, 0) is 0 Å². The summed E-state index contributed by atoms with van der Waals surface area (Å²) in [6.45, 7) is 0. The van der Waals surface area contributed by atoms with E-state index in [1.54, 1.807) is 16.1 Å². The molecular formula is C13H9Br2N3OS. The highest BCUT2D eigenvalue weighted by Gasteiger charge is 2.31. The van der Waals surface area contributed by atoms with Crippen LogP contribution < -0.4 is 4.74 Å². The van der Waals surface area contributed by atoms with Crippen molar-refractivity contribution in [2.24, 2.45) is 0 Å². The van der Waals surface area contributed by atoms with Gasteiger partial charge in [0.2, 0.25) is 0 Å². The van der Waals surface area contributed by atoms with E-state index in [1.807, 2.05) is 12.1 Å². The van der Waals surface area contributed by atoms with Gasteiger partial charge in [-0.3, -0.25) is 8.75 Å². The SMILES string of the molecule is N#CC(CC(Br)(C#N)CBr)n1sc(=O)c2ccccc21. The summed E-state index contributed by atoms with van der Waals surface area (Å²) < 4.78 is 0.791. The predicted molar refractivity (Wildman–Crippen MR) is 86.4 cm³/mol. The maximum absolute atomic E-state index is 11.9. The van der Waals surface area contributed by atoms with Gasteiger partial charge in [0.15, 0.2) is 0 Å². The summed E-state index contributed by atoms with van der Waals surface area (Å²) in [5.74, 6) is 0. The van der Waals surface area contributed by atoms with Crippen LogP contribution in [0.15, 0.2) is 29.1 Å². The van der Waals surface area contributed by atoms with Crippen LogP contribution in [0.2, 0.25) is 0 Å². The van der Waals surface area contributed by atoms with Crippen LogP contribution in [0.25, 0.3) is 10.9 Å². The minimum Gasteiger partial charge on any atom is -0.277 e. The number of nitrogens with zero attached hydrogens (tertiary/aromatic N) is 3. The monoisotopic (exact) mass is 413 g/mol. The highest BCUT2D eigenvalue weighted by Crippen LogP contribution is 2.32. The zero-order chi connectivity index (χ0) is 14.8. The molecule has 0 aliphatic heterocycles. The third-order valence-corrected chi connectivity index (χ3v) is 6.43. The second-order valence-electron chi connectivity index (χ2n) is 4.28. The maximum atomic E-state index is 11.9. The third kappa shape index (κ3) is 2.80. The van der Waals surface area contributed by atoms with E-state index in [4.69, 9.17) is 0 Å². The van der Waals surface area contributed by atoms with Crippen molar-refractivity contribution in [1.82, 2.24) is 3.96 Å². The van der Waals surface area contributed by atoms with Gasteiger partial charge in [-0.2, -0.15) is 10.5 Å². The Morgan fingerprint density at radius 3 is 2.70 bits per heavy atom. The van der Waals surface area contributed by atoms with Gasteiger partial charge in [0.1, 0.15) is 10.4 Å². The molecule has 1 aromatic carbocycles. The zero-order valence-corrected chi connectivity index (χ0v) is 14.2.